The molecule has 21 heavy (non-hydrogen) atoms. The molecule has 0 atom stereocenters. The summed E-state index contributed by atoms with van der Waals surface area (Å²) in [5, 5.41) is 0.230. The quantitative estimate of drug-likeness (QED) is 0.879. The summed E-state index contributed by atoms with van der Waals surface area (Å²) in [6.45, 7) is 0.992. The Labute approximate surface area is 118 Å². The van der Waals surface area contributed by atoms with E-state index in [0.29, 0.717) is 13.1 Å². The summed E-state index contributed by atoms with van der Waals surface area (Å²) < 4.78 is 31.5. The van der Waals surface area contributed by atoms with Gasteiger partial charge in [0.2, 0.25) is 0 Å². The number of hydrogen-bond donors (Lipinski definition) is 1. The Bertz CT molecular complexity index is 722. The minimum Gasteiger partial charge on any atom is -0.451 e. The Balaban J connectivity index is 1.72. The smallest absolute Gasteiger partial charge is 0.355 e. The third-order valence-electron chi connectivity index (χ3n) is 3.40. The van der Waals surface area contributed by atoms with Crippen LogP contribution in [-0.2, 0) is 9.53 Å². The lowest BCUT2D eigenvalue weighted by Gasteiger charge is -2.30. The number of nitrogens with one attached hydrogen (secondary N) is 1. The molecule has 1 saturated heterocycles. The first-order valence-corrected chi connectivity index (χ1v) is 6.47. The van der Waals surface area contributed by atoms with Crippen molar-refractivity contribution < 1.29 is 23.1 Å². The van der Waals surface area contributed by atoms with Crippen LogP contribution in [0.4, 0.5) is 8.78 Å². The van der Waals surface area contributed by atoms with Crippen molar-refractivity contribution in [3.05, 3.63) is 35.5 Å². The van der Waals surface area contributed by atoms with Gasteiger partial charge in [0.15, 0.2) is 6.61 Å². The third kappa shape index (κ3) is 2.58. The van der Waals surface area contributed by atoms with E-state index in [2.05, 4.69) is 4.98 Å². The van der Waals surface area contributed by atoms with Gasteiger partial charge < -0.3 is 14.6 Å². The van der Waals surface area contributed by atoms with Crippen molar-refractivity contribution in [3.8, 4) is 0 Å². The monoisotopic (exact) mass is 294 g/mol. The van der Waals surface area contributed by atoms with Crippen molar-refractivity contribution in [2.24, 2.45) is 0 Å². The first kappa shape index (κ1) is 13.5. The van der Waals surface area contributed by atoms with Crippen LogP contribution in [0.5, 0.6) is 0 Å². The first-order chi connectivity index (χ1) is 10.0. The molecule has 5 nitrogen and oxygen atoms in total. The second kappa shape index (κ2) is 5.16. The van der Waals surface area contributed by atoms with Crippen LogP contribution in [-0.4, -0.2) is 41.5 Å². The number of aromatic nitrogens is 1. The van der Waals surface area contributed by atoms with Gasteiger partial charge in [-0.1, -0.05) is 0 Å². The number of benzene rings is 1. The SMILES string of the molecule is O=C(OCC(=O)N1CCC1)c1cc2cc(F)cc(F)c2[nH]1. The van der Waals surface area contributed by atoms with Gasteiger partial charge in [0, 0.05) is 24.5 Å². The maximum absolute atomic E-state index is 13.5. The molecule has 110 valence electrons. The molecule has 1 aromatic heterocycles. The second-order valence-electron chi connectivity index (χ2n) is 4.85. The fraction of sp³-hybridized carbons (Fsp3) is 0.286. The molecule has 1 amide bonds. The van der Waals surface area contributed by atoms with Crippen LogP contribution >= 0.6 is 0 Å². The van der Waals surface area contributed by atoms with Crippen LogP contribution in [0, 0.1) is 11.6 Å². The zero-order valence-corrected chi connectivity index (χ0v) is 11.0. The summed E-state index contributed by atoms with van der Waals surface area (Å²) >= 11 is 0. The molecule has 3 rings (SSSR count). The van der Waals surface area contributed by atoms with Crippen LogP contribution in [0.3, 0.4) is 0 Å². The molecule has 0 bridgehead atoms. The van der Waals surface area contributed by atoms with E-state index in [1.807, 2.05) is 0 Å². The van der Waals surface area contributed by atoms with Crippen molar-refractivity contribution in [2.45, 2.75) is 6.42 Å². The normalized spacial score (nSPS) is 14.1. The molecule has 1 aliphatic heterocycles. The van der Waals surface area contributed by atoms with E-state index in [-0.39, 0.29) is 29.1 Å². The highest BCUT2D eigenvalue weighted by atomic mass is 19.1. The molecule has 1 aromatic carbocycles. The molecule has 7 heteroatoms. The number of ether oxygens (including phenoxy) is 1. The fourth-order valence-corrected chi connectivity index (χ4v) is 2.14. The van der Waals surface area contributed by atoms with Gasteiger partial charge >= 0.3 is 5.97 Å². The number of esters is 1. The highest BCUT2D eigenvalue weighted by Crippen LogP contribution is 2.20. The molecular formula is C14H12F2N2O3. The summed E-state index contributed by atoms with van der Waals surface area (Å²) in [4.78, 5) is 27.5. The van der Waals surface area contributed by atoms with Crippen LogP contribution in [0.2, 0.25) is 0 Å². The number of rotatable bonds is 3. The molecule has 2 heterocycles. The zero-order chi connectivity index (χ0) is 15.0. The van der Waals surface area contributed by atoms with Gasteiger partial charge in [0.1, 0.15) is 17.3 Å². The van der Waals surface area contributed by atoms with Crippen molar-refractivity contribution in [2.75, 3.05) is 19.7 Å². The van der Waals surface area contributed by atoms with Crippen molar-refractivity contribution in [1.82, 2.24) is 9.88 Å². The van der Waals surface area contributed by atoms with Crippen molar-refractivity contribution >= 4 is 22.8 Å². The van der Waals surface area contributed by atoms with Gasteiger partial charge in [0.25, 0.3) is 5.91 Å². The predicted molar refractivity (Wildman–Crippen MR) is 69.7 cm³/mol. The summed E-state index contributed by atoms with van der Waals surface area (Å²) in [5.74, 6) is -2.56. The predicted octanol–water partition coefficient (Wildman–Crippen LogP) is 1.84. The fourth-order valence-electron chi connectivity index (χ4n) is 2.14. The van der Waals surface area contributed by atoms with Gasteiger partial charge in [-0.25, -0.2) is 13.6 Å². The van der Waals surface area contributed by atoms with Crippen molar-refractivity contribution in [3.63, 3.8) is 0 Å². The van der Waals surface area contributed by atoms with E-state index in [1.165, 1.54) is 6.07 Å². The molecule has 1 N–H and O–H groups in total. The van der Waals surface area contributed by atoms with Crippen molar-refractivity contribution in [1.29, 1.82) is 0 Å². The first-order valence-electron chi connectivity index (χ1n) is 6.47. The average Bonchev–Trinajstić information content (AvgIpc) is 2.78. The number of carbonyl (C=O) groups is 2. The standard InChI is InChI=1S/C14H12F2N2O3/c15-9-4-8-5-11(17-13(8)10(16)6-9)14(20)21-7-12(19)18-2-1-3-18/h4-6,17H,1-3,7H2. The van der Waals surface area contributed by atoms with Gasteiger partial charge in [-0.15, -0.1) is 0 Å². The van der Waals surface area contributed by atoms with Gasteiger partial charge in [-0.3, -0.25) is 4.79 Å². The van der Waals surface area contributed by atoms with Crippen LogP contribution in [0.15, 0.2) is 18.2 Å². The number of fused-ring (bicyclic) bond motifs is 1. The van der Waals surface area contributed by atoms with E-state index in [9.17, 15) is 18.4 Å². The lowest BCUT2D eigenvalue weighted by Crippen LogP contribution is -2.44. The maximum atomic E-state index is 13.5. The van der Waals surface area contributed by atoms with Gasteiger partial charge in [-0.2, -0.15) is 0 Å². The Morgan fingerprint density at radius 2 is 2.00 bits per heavy atom. The van der Waals surface area contributed by atoms with E-state index < -0.39 is 17.6 Å². The summed E-state index contributed by atoms with van der Waals surface area (Å²) in [6, 6.07) is 3.12. The Hall–Kier alpha value is -2.44. The molecule has 0 spiro atoms. The number of H-pyrrole nitrogens is 1. The molecule has 1 aliphatic rings. The Morgan fingerprint density at radius 3 is 2.67 bits per heavy atom. The second-order valence-corrected chi connectivity index (χ2v) is 4.85. The molecular weight excluding hydrogens is 282 g/mol. The number of amides is 1. The van der Waals surface area contributed by atoms with E-state index in [0.717, 1.165) is 18.6 Å². The Kier molecular flexibility index (Phi) is 3.32. The van der Waals surface area contributed by atoms with E-state index in [4.69, 9.17) is 4.74 Å². The van der Waals surface area contributed by atoms with Gasteiger partial charge in [0.05, 0.1) is 5.52 Å². The summed E-state index contributed by atoms with van der Waals surface area (Å²) in [5.41, 5.74) is 0.00308. The number of carbonyl (C=O) groups excluding carboxylic acids is 2. The summed E-state index contributed by atoms with van der Waals surface area (Å²) in [6.07, 6.45) is 0.951. The molecule has 0 saturated carbocycles. The minimum absolute atomic E-state index is 0.0223. The molecule has 1 fully saturated rings. The third-order valence-corrected chi connectivity index (χ3v) is 3.40. The van der Waals surface area contributed by atoms with Crippen LogP contribution < -0.4 is 0 Å². The number of halogens is 2. The number of nitrogens with zero attached hydrogens (tertiary/aromatic N) is 1. The highest BCUT2D eigenvalue weighted by molar-refractivity contribution is 5.95. The largest absolute Gasteiger partial charge is 0.451 e. The van der Waals surface area contributed by atoms with E-state index >= 15 is 0 Å². The topological polar surface area (TPSA) is 62.4 Å². The molecule has 0 aliphatic carbocycles. The average molecular weight is 294 g/mol. The minimum atomic E-state index is -0.791. The van der Waals surface area contributed by atoms with Gasteiger partial charge in [-0.05, 0) is 18.6 Å². The highest BCUT2D eigenvalue weighted by Gasteiger charge is 2.22. The lowest BCUT2D eigenvalue weighted by atomic mass is 10.2. The summed E-state index contributed by atoms with van der Waals surface area (Å²) in [7, 11) is 0. The van der Waals surface area contributed by atoms with E-state index in [1.54, 1.807) is 4.90 Å². The molecule has 2 aromatic rings. The molecule has 0 radical (unpaired) electrons. The number of hydrogen-bond acceptors (Lipinski definition) is 3. The van der Waals surface area contributed by atoms with Crippen LogP contribution in [0.25, 0.3) is 10.9 Å². The molecule has 0 unspecified atom stereocenters. The number of likely N-dealkylation sites (tertiary alicyclic amines) is 1. The Morgan fingerprint density at radius 1 is 1.24 bits per heavy atom. The zero-order valence-electron chi connectivity index (χ0n) is 11.0. The number of aromatic amines is 1. The lowest BCUT2D eigenvalue weighted by molar-refractivity contribution is -0.137. The maximum Gasteiger partial charge on any atom is 0.355 e. The van der Waals surface area contributed by atoms with Crippen LogP contribution in [0.1, 0.15) is 16.9 Å².